The van der Waals surface area contributed by atoms with E-state index in [2.05, 4.69) is 12.2 Å². The van der Waals surface area contributed by atoms with E-state index < -0.39 is 56.7 Å². The topological polar surface area (TPSA) is 127 Å². The predicted octanol–water partition coefficient (Wildman–Crippen LogP) is 8.19. The van der Waals surface area contributed by atoms with Crippen molar-refractivity contribution in [3.05, 3.63) is 151 Å². The third-order valence-corrected chi connectivity index (χ3v) is 10.7. The summed E-state index contributed by atoms with van der Waals surface area (Å²) in [5.41, 5.74) is 0. The summed E-state index contributed by atoms with van der Waals surface area (Å²) in [6, 6.07) is 0. The summed E-state index contributed by atoms with van der Waals surface area (Å²) >= 11 is 0. The van der Waals surface area contributed by atoms with E-state index in [4.69, 9.17) is 19.1 Å². The molecule has 4 aliphatic carbocycles. The van der Waals surface area contributed by atoms with E-state index in [0.29, 0.717) is 0 Å². The first-order valence-corrected chi connectivity index (χ1v) is 30.6. The Morgan fingerprint density at radius 3 is 0.611 bits per heavy atom. The second-order valence-corrected chi connectivity index (χ2v) is 33.8. The van der Waals surface area contributed by atoms with Gasteiger partial charge < -0.3 is 28.7 Å². The molecule has 20 radical (unpaired) electrons. The van der Waals surface area contributed by atoms with Crippen LogP contribution in [-0.2, 0) is 80.4 Å². The summed E-state index contributed by atoms with van der Waals surface area (Å²) in [4.78, 5) is 44.9. The molecule has 0 unspecified atom stereocenters. The molecule has 0 atom stereocenters. The van der Waals surface area contributed by atoms with Gasteiger partial charge >= 0.3 is 0 Å². The zero-order chi connectivity index (χ0) is 40.4. The molecule has 54 heavy (non-hydrogen) atoms. The van der Waals surface area contributed by atoms with Crippen LogP contribution in [0.1, 0.15) is 0 Å². The molecule has 4 fully saturated rings. The summed E-state index contributed by atoms with van der Waals surface area (Å²) in [7, 11) is -8.10. The van der Waals surface area contributed by atoms with Crippen LogP contribution in [0.4, 0.5) is 0 Å². The number of aliphatic carboxylic acids is 2. The number of carboxylic acids is 2. The minimum Gasteiger partial charge on any atom is -0.562 e. The number of carboxylic acid groups (broad SMARTS) is 2. The molecule has 0 bridgehead atoms. The van der Waals surface area contributed by atoms with Gasteiger partial charge in [0.15, 0.2) is 11.9 Å². The van der Waals surface area contributed by atoms with Gasteiger partial charge in [-0.3, -0.25) is 9.59 Å². The summed E-state index contributed by atoms with van der Waals surface area (Å²) in [6.45, 7) is 22.3. The van der Waals surface area contributed by atoms with Gasteiger partial charge in [0, 0.05) is 68.6 Å². The molecule has 0 aromatic heterocycles. The molecule has 0 heterocycles. The zero-order valence-corrected chi connectivity index (χ0v) is 42.8. The van der Waals surface area contributed by atoms with Crippen LogP contribution < -0.4 is 0 Å². The van der Waals surface area contributed by atoms with Crippen molar-refractivity contribution < 1.29 is 90.7 Å². The molecule has 0 spiro atoms. The van der Waals surface area contributed by atoms with Crippen LogP contribution in [0.15, 0.2) is 10.4 Å². The Balaban J connectivity index is -0.000000299. The van der Waals surface area contributed by atoms with Crippen molar-refractivity contribution in [3.8, 4) is 0 Å². The van der Waals surface area contributed by atoms with Gasteiger partial charge in [-0.1, -0.05) is 39.3 Å². The number of hydrogen-bond donors (Lipinski definition) is 2. The summed E-state index contributed by atoms with van der Waals surface area (Å²) < 4.78 is 10.3. The van der Waals surface area contributed by atoms with Crippen molar-refractivity contribution in [3.63, 3.8) is 0 Å². The van der Waals surface area contributed by atoms with Crippen LogP contribution in [0.25, 0.3) is 0 Å². The van der Waals surface area contributed by atoms with Crippen LogP contribution in [-0.4, -0.2) is 66.9 Å². The summed E-state index contributed by atoms with van der Waals surface area (Å²) in [5, 5.41) is 18.1. The molecule has 0 aliphatic heterocycles. The maximum atomic E-state index is 11.5. The molecule has 8 nitrogen and oxygen atoms in total. The van der Waals surface area contributed by atoms with Gasteiger partial charge in [0.05, 0.1) is 0 Å². The Morgan fingerprint density at radius 2 is 0.519 bits per heavy atom. The van der Waals surface area contributed by atoms with Gasteiger partial charge in [0.1, 0.15) is 0 Å². The van der Waals surface area contributed by atoms with Gasteiger partial charge in [0.2, 0.25) is 28.6 Å². The van der Waals surface area contributed by atoms with Crippen LogP contribution >= 0.6 is 0 Å². The molecule has 4 rings (SSSR count). The Labute approximate surface area is 373 Å². The number of carbonyl (C=O) groups excluding carboxylic acids is 2. The van der Waals surface area contributed by atoms with Crippen molar-refractivity contribution in [1.82, 2.24) is 0 Å². The third kappa shape index (κ3) is 40.2. The molecule has 0 aromatic carbocycles. The number of hydrogen-bond acceptors (Lipinski definition) is 6. The second-order valence-electron chi connectivity index (χ2n) is 15.0. The van der Waals surface area contributed by atoms with E-state index in [9.17, 15) is 19.2 Å². The van der Waals surface area contributed by atoms with E-state index in [0.717, 1.165) is 0 Å². The smallest absolute Gasteiger partial charge is 0.244 e. The molecular formula is C40H58O8Si4Zr2-2. The second kappa shape index (κ2) is 32.9. The molecule has 0 amide bonds. The van der Waals surface area contributed by atoms with Crippen LogP contribution in [0.2, 0.25) is 78.6 Å². The Hall–Kier alpha value is -0.00623. The van der Waals surface area contributed by atoms with Crippen LogP contribution in [0.3, 0.4) is 0 Å². The van der Waals surface area contributed by atoms with E-state index in [1.54, 1.807) is 0 Å². The fraction of sp³-hybridized carbons (Fsp3) is 0.300. The van der Waals surface area contributed by atoms with Gasteiger partial charge in [-0.2, -0.15) is 12.2 Å². The first kappa shape index (κ1) is 60.7. The average molecular weight is 962 g/mol. The maximum absolute atomic E-state index is 11.5. The van der Waals surface area contributed by atoms with Gasteiger partial charge in [0.25, 0.3) is 0 Å². The normalized spacial score (nSPS) is 16.9. The zero-order valence-electron chi connectivity index (χ0n) is 33.9. The first-order valence-electron chi connectivity index (χ1n) is 16.7. The standard InChI is InChI=1S/2C10H19O4Si2.4C5H5.2Zr/c2*1-15(2,3)8(10(12)13)7-9(11)14-16(4,5)6;4*1-2-4-5-3-1;;/h2*1-6H3,(H,12,13);4*1-5H;;/q2*-1;;;;;;. The van der Waals surface area contributed by atoms with Crippen molar-refractivity contribution in [2.24, 2.45) is 0 Å². The Bertz CT molecular complexity index is 951. The number of carbonyl (C=O) groups is 4. The molecule has 14 heteroatoms. The minimum atomic E-state index is -2.07. The first-order chi connectivity index (χ1) is 23.9. The van der Waals surface area contributed by atoms with E-state index >= 15 is 0 Å². The van der Waals surface area contributed by atoms with E-state index in [-0.39, 0.29) is 62.8 Å². The predicted molar refractivity (Wildman–Crippen MR) is 220 cm³/mol. The Kier molecular flexibility index (Phi) is 37.0. The minimum absolute atomic E-state index is 0. The van der Waals surface area contributed by atoms with E-state index in [1.807, 2.05) is 207 Å². The monoisotopic (exact) mass is 958 g/mol. The van der Waals surface area contributed by atoms with Gasteiger partial charge in [-0.15, -0.1) is 10.4 Å². The average Bonchev–Trinajstić information content (AvgIpc) is 3.84. The van der Waals surface area contributed by atoms with Crippen molar-refractivity contribution in [2.45, 2.75) is 78.6 Å². The molecule has 4 saturated carbocycles. The van der Waals surface area contributed by atoms with Crippen molar-refractivity contribution in [2.75, 3.05) is 0 Å². The summed E-state index contributed by atoms with van der Waals surface area (Å²) in [5.74, 6) is -3.46. The van der Waals surface area contributed by atoms with Gasteiger partial charge in [-0.05, 0) is 168 Å². The van der Waals surface area contributed by atoms with Crippen LogP contribution in [0.5, 0.6) is 0 Å². The fourth-order valence-electron chi connectivity index (χ4n) is 3.22. The van der Waals surface area contributed by atoms with Gasteiger partial charge in [-0.25, -0.2) is 0 Å². The molecule has 292 valence electrons. The Morgan fingerprint density at radius 1 is 0.370 bits per heavy atom. The SMILES string of the molecule is C[Si](C)(C)OC(=O)[C-]=C(C(=O)O)[Si](C)(C)C.C[Si](C)(C)OC(=O)[C-]=C(C(=O)O)[Si](C)(C)C.[CH]1[CH][CH][CH][CH]1.[CH]1[CH][CH][CH][CH]1.[CH]1[CH][CH][CH][CH]1.[CH]1[CH][CH][CH][CH]1.[Zr].[Zr]. The fourth-order valence-corrected chi connectivity index (χ4v) is 6.67. The van der Waals surface area contributed by atoms with Crippen molar-refractivity contribution >= 4 is 56.7 Å². The number of rotatable bonds is 8. The van der Waals surface area contributed by atoms with Crippen LogP contribution in [0, 0.1) is 141 Å². The largest absolute Gasteiger partial charge is 0.562 e. The third-order valence-electron chi connectivity index (χ3n) is 5.40. The van der Waals surface area contributed by atoms with Crippen molar-refractivity contribution in [1.29, 1.82) is 0 Å². The van der Waals surface area contributed by atoms with E-state index in [1.165, 1.54) is 0 Å². The molecular weight excluding hydrogens is 903 g/mol. The quantitative estimate of drug-likeness (QED) is 0.142. The molecule has 0 aromatic rings. The maximum Gasteiger partial charge on any atom is 0.244 e. The molecule has 0 saturated heterocycles. The molecule has 4 aliphatic rings. The summed E-state index contributed by atoms with van der Waals surface area (Å²) in [6.07, 6.45) is 44.7. The molecule has 2 N–H and O–H groups in total.